The highest BCUT2D eigenvalue weighted by molar-refractivity contribution is 5.21. The van der Waals surface area contributed by atoms with Crippen molar-refractivity contribution >= 4 is 0 Å². The zero-order valence-corrected chi connectivity index (χ0v) is 8.86. The van der Waals surface area contributed by atoms with Gasteiger partial charge in [-0.1, -0.05) is 18.2 Å². The van der Waals surface area contributed by atoms with Gasteiger partial charge in [0.15, 0.2) is 0 Å². The topological polar surface area (TPSA) is 21.3 Å². The van der Waals surface area contributed by atoms with E-state index >= 15 is 0 Å². The molecule has 1 aromatic carbocycles. The lowest BCUT2D eigenvalue weighted by atomic mass is 10.0. The second-order valence-electron chi connectivity index (χ2n) is 4.66. The first-order valence-corrected chi connectivity index (χ1v) is 5.88. The number of fused-ring (bicyclic) bond motifs is 2. The quantitative estimate of drug-likeness (QED) is 0.796. The third-order valence-corrected chi connectivity index (χ3v) is 3.48. The summed E-state index contributed by atoms with van der Waals surface area (Å²) in [6.45, 7) is 0. The zero-order valence-electron chi connectivity index (χ0n) is 8.86. The first-order valence-electron chi connectivity index (χ1n) is 5.88. The molecule has 0 unspecified atom stereocenters. The molecule has 2 aliphatic heterocycles. The number of para-hydroxylation sites is 1. The van der Waals surface area contributed by atoms with Gasteiger partial charge in [-0.05, 0) is 37.8 Å². The maximum atomic E-state index is 6.00. The number of rotatable bonds is 2. The Morgan fingerprint density at radius 2 is 1.67 bits per heavy atom. The Labute approximate surface area is 90.6 Å². The van der Waals surface area contributed by atoms with Crippen LogP contribution in [0.3, 0.4) is 0 Å². The van der Waals surface area contributed by atoms with Crippen molar-refractivity contribution in [2.45, 2.75) is 43.9 Å². The number of piperidine rings is 1. The Morgan fingerprint density at radius 3 is 2.33 bits per heavy atom. The molecule has 0 aromatic heterocycles. The summed E-state index contributed by atoms with van der Waals surface area (Å²) in [4.78, 5) is 0. The van der Waals surface area contributed by atoms with Crippen LogP contribution in [0.4, 0.5) is 0 Å². The van der Waals surface area contributed by atoms with Gasteiger partial charge in [-0.25, -0.2) is 0 Å². The molecule has 2 heteroatoms. The maximum absolute atomic E-state index is 6.00. The third kappa shape index (κ3) is 2.00. The SMILES string of the molecule is c1ccc(O[C@H]2C[C@H]3CC[C@@H](C2)N3)cc1. The van der Waals surface area contributed by atoms with Crippen LogP contribution in [0.25, 0.3) is 0 Å². The van der Waals surface area contributed by atoms with Crippen molar-refractivity contribution in [1.82, 2.24) is 5.32 Å². The highest BCUT2D eigenvalue weighted by atomic mass is 16.5. The Balaban J connectivity index is 1.65. The predicted molar refractivity (Wildman–Crippen MR) is 60.0 cm³/mol. The summed E-state index contributed by atoms with van der Waals surface area (Å²) in [5.41, 5.74) is 0. The molecule has 80 valence electrons. The van der Waals surface area contributed by atoms with Gasteiger partial charge in [-0.3, -0.25) is 0 Å². The second-order valence-corrected chi connectivity index (χ2v) is 4.66. The van der Waals surface area contributed by atoms with Crippen LogP contribution in [0.15, 0.2) is 30.3 Å². The summed E-state index contributed by atoms with van der Waals surface area (Å²) in [6, 6.07) is 11.6. The van der Waals surface area contributed by atoms with Gasteiger partial charge in [0, 0.05) is 12.1 Å². The van der Waals surface area contributed by atoms with E-state index in [1.54, 1.807) is 0 Å². The van der Waals surface area contributed by atoms with Crippen molar-refractivity contribution in [1.29, 1.82) is 0 Å². The minimum atomic E-state index is 0.422. The Hall–Kier alpha value is -1.02. The van der Waals surface area contributed by atoms with Gasteiger partial charge < -0.3 is 10.1 Å². The van der Waals surface area contributed by atoms with E-state index in [1.807, 2.05) is 30.3 Å². The average molecular weight is 203 g/mol. The molecule has 2 heterocycles. The van der Waals surface area contributed by atoms with Crippen molar-refractivity contribution in [3.05, 3.63) is 30.3 Å². The van der Waals surface area contributed by atoms with Crippen molar-refractivity contribution in [2.24, 2.45) is 0 Å². The van der Waals surface area contributed by atoms with Crippen molar-refractivity contribution in [2.75, 3.05) is 0 Å². The molecule has 0 spiro atoms. The molecule has 15 heavy (non-hydrogen) atoms. The van der Waals surface area contributed by atoms with Gasteiger partial charge in [-0.2, -0.15) is 0 Å². The summed E-state index contributed by atoms with van der Waals surface area (Å²) >= 11 is 0. The van der Waals surface area contributed by atoms with Crippen LogP contribution < -0.4 is 10.1 Å². The minimum absolute atomic E-state index is 0.422. The van der Waals surface area contributed by atoms with Gasteiger partial charge >= 0.3 is 0 Å². The molecule has 1 N–H and O–H groups in total. The van der Waals surface area contributed by atoms with Crippen molar-refractivity contribution < 1.29 is 4.74 Å². The zero-order chi connectivity index (χ0) is 10.1. The van der Waals surface area contributed by atoms with Crippen LogP contribution in [0.5, 0.6) is 5.75 Å². The first kappa shape index (κ1) is 9.22. The van der Waals surface area contributed by atoms with Crippen LogP contribution in [-0.4, -0.2) is 18.2 Å². The molecule has 2 bridgehead atoms. The number of hydrogen-bond acceptors (Lipinski definition) is 2. The van der Waals surface area contributed by atoms with Crippen LogP contribution in [-0.2, 0) is 0 Å². The molecule has 0 radical (unpaired) electrons. The normalized spacial score (nSPS) is 34.0. The lowest BCUT2D eigenvalue weighted by Gasteiger charge is -2.29. The summed E-state index contributed by atoms with van der Waals surface area (Å²) in [5.74, 6) is 1.02. The van der Waals surface area contributed by atoms with E-state index in [4.69, 9.17) is 4.74 Å². The highest BCUT2D eigenvalue weighted by Gasteiger charge is 2.34. The molecule has 3 rings (SSSR count). The molecule has 2 saturated heterocycles. The smallest absolute Gasteiger partial charge is 0.119 e. The number of ether oxygens (including phenoxy) is 1. The second kappa shape index (κ2) is 3.86. The molecular weight excluding hydrogens is 186 g/mol. The molecule has 2 fully saturated rings. The number of hydrogen-bond donors (Lipinski definition) is 1. The fourth-order valence-corrected chi connectivity index (χ4v) is 2.79. The molecule has 0 aliphatic carbocycles. The summed E-state index contributed by atoms with van der Waals surface area (Å²) in [5, 5.41) is 3.63. The third-order valence-electron chi connectivity index (χ3n) is 3.48. The van der Waals surface area contributed by atoms with Gasteiger partial charge in [0.2, 0.25) is 0 Å². The molecule has 2 nitrogen and oxygen atoms in total. The van der Waals surface area contributed by atoms with E-state index in [-0.39, 0.29) is 0 Å². The van der Waals surface area contributed by atoms with Crippen molar-refractivity contribution in [3.8, 4) is 5.75 Å². The van der Waals surface area contributed by atoms with E-state index < -0.39 is 0 Å². The fraction of sp³-hybridized carbons (Fsp3) is 0.538. The van der Waals surface area contributed by atoms with E-state index in [1.165, 1.54) is 25.7 Å². The fourth-order valence-electron chi connectivity index (χ4n) is 2.79. The van der Waals surface area contributed by atoms with E-state index in [2.05, 4.69) is 5.32 Å². The van der Waals surface area contributed by atoms with Gasteiger partial charge in [0.1, 0.15) is 11.9 Å². The first-order chi connectivity index (χ1) is 7.40. The van der Waals surface area contributed by atoms with Crippen LogP contribution in [0.1, 0.15) is 25.7 Å². The largest absolute Gasteiger partial charge is 0.490 e. The van der Waals surface area contributed by atoms with E-state index in [0.29, 0.717) is 18.2 Å². The summed E-state index contributed by atoms with van der Waals surface area (Å²) < 4.78 is 6.00. The predicted octanol–water partition coefficient (Wildman–Crippen LogP) is 2.35. The summed E-state index contributed by atoms with van der Waals surface area (Å²) in [6.07, 6.45) is 5.43. The van der Waals surface area contributed by atoms with Gasteiger partial charge in [0.05, 0.1) is 0 Å². The average Bonchev–Trinajstić information content (AvgIpc) is 2.60. The lowest BCUT2D eigenvalue weighted by molar-refractivity contribution is 0.137. The standard InChI is InChI=1S/C13H17NO/c1-2-4-12(5-3-1)15-13-8-10-6-7-11(9-13)14-10/h1-5,10-11,13-14H,6-9H2/t10-,11+,13+. The Kier molecular flexibility index (Phi) is 2.37. The summed E-state index contributed by atoms with van der Waals surface area (Å²) in [7, 11) is 0. The number of nitrogens with one attached hydrogen (secondary N) is 1. The Morgan fingerprint density at radius 1 is 1.00 bits per heavy atom. The molecule has 0 amide bonds. The molecule has 3 atom stereocenters. The molecule has 1 aromatic rings. The van der Waals surface area contributed by atoms with Crippen LogP contribution in [0.2, 0.25) is 0 Å². The molecule has 0 saturated carbocycles. The molecular formula is C13H17NO. The van der Waals surface area contributed by atoms with Crippen LogP contribution >= 0.6 is 0 Å². The maximum Gasteiger partial charge on any atom is 0.119 e. The number of benzene rings is 1. The Bertz CT molecular complexity index is 313. The molecule has 2 aliphatic rings. The monoisotopic (exact) mass is 203 g/mol. The van der Waals surface area contributed by atoms with Crippen LogP contribution in [0, 0.1) is 0 Å². The van der Waals surface area contributed by atoms with E-state index in [9.17, 15) is 0 Å². The van der Waals surface area contributed by atoms with Gasteiger partial charge in [-0.15, -0.1) is 0 Å². The minimum Gasteiger partial charge on any atom is -0.490 e. The lowest BCUT2D eigenvalue weighted by Crippen LogP contribution is -2.42. The van der Waals surface area contributed by atoms with Gasteiger partial charge in [0.25, 0.3) is 0 Å². The van der Waals surface area contributed by atoms with E-state index in [0.717, 1.165) is 5.75 Å². The van der Waals surface area contributed by atoms with Crippen molar-refractivity contribution in [3.63, 3.8) is 0 Å². The highest BCUT2D eigenvalue weighted by Crippen LogP contribution is 2.29.